The lowest BCUT2D eigenvalue weighted by molar-refractivity contribution is -0.131. The Bertz CT molecular complexity index is 746. The van der Waals surface area contributed by atoms with Gasteiger partial charge in [0.15, 0.2) is 0 Å². The Hall–Kier alpha value is -2.18. The summed E-state index contributed by atoms with van der Waals surface area (Å²) >= 11 is 0. The predicted molar refractivity (Wildman–Crippen MR) is 89.1 cm³/mol. The van der Waals surface area contributed by atoms with Crippen molar-refractivity contribution in [3.8, 4) is 0 Å². The molecular weight excluding hydrogens is 312 g/mol. The third-order valence-electron chi connectivity index (χ3n) is 3.39. The summed E-state index contributed by atoms with van der Waals surface area (Å²) in [6, 6.07) is 16.7. The largest absolute Gasteiger partial charge is 0.340 e. The number of benzene rings is 2. The van der Waals surface area contributed by atoms with E-state index in [0.717, 1.165) is 5.56 Å². The van der Waals surface area contributed by atoms with Crippen molar-refractivity contribution >= 4 is 15.9 Å². The molecule has 1 amide bonds. The molecule has 0 saturated carbocycles. The number of sulfonamides is 1. The van der Waals surface area contributed by atoms with Gasteiger partial charge in [0.25, 0.3) is 0 Å². The fraction of sp³-hybridized carbons (Fsp3) is 0.235. The van der Waals surface area contributed by atoms with Gasteiger partial charge in [-0.2, -0.15) is 4.72 Å². The monoisotopic (exact) mass is 332 g/mol. The summed E-state index contributed by atoms with van der Waals surface area (Å²) in [5.74, 6) is -0.284. The van der Waals surface area contributed by atoms with Crippen LogP contribution in [0.5, 0.6) is 0 Å². The Morgan fingerprint density at radius 1 is 1.04 bits per heavy atom. The molecule has 0 bridgehead atoms. The molecule has 6 heteroatoms. The fourth-order valence-corrected chi connectivity index (χ4v) is 3.43. The molecule has 0 aliphatic rings. The highest BCUT2D eigenvalue weighted by Gasteiger charge is 2.24. The van der Waals surface area contributed by atoms with E-state index in [1.54, 1.807) is 32.2 Å². The number of likely N-dealkylation sites (N-methyl/N-ethyl adjacent to an activating group) is 1. The van der Waals surface area contributed by atoms with Gasteiger partial charge in [-0.25, -0.2) is 8.42 Å². The average Bonchev–Trinajstić information content (AvgIpc) is 2.55. The highest BCUT2D eigenvalue weighted by molar-refractivity contribution is 7.89. The van der Waals surface area contributed by atoms with E-state index in [1.165, 1.54) is 17.0 Å². The van der Waals surface area contributed by atoms with Crippen LogP contribution in [0, 0.1) is 0 Å². The Morgan fingerprint density at radius 2 is 1.57 bits per heavy atom. The summed E-state index contributed by atoms with van der Waals surface area (Å²) in [7, 11) is -2.05. The first-order chi connectivity index (χ1) is 10.9. The second-order valence-electron chi connectivity index (χ2n) is 5.34. The minimum atomic E-state index is -3.71. The quantitative estimate of drug-likeness (QED) is 0.880. The molecule has 2 aromatic rings. The topological polar surface area (TPSA) is 66.5 Å². The molecule has 0 radical (unpaired) electrons. The molecule has 0 saturated heterocycles. The summed E-state index contributed by atoms with van der Waals surface area (Å²) in [6.07, 6.45) is 0. The molecule has 0 aliphatic carbocycles. The summed E-state index contributed by atoms with van der Waals surface area (Å²) in [4.78, 5) is 14.0. The van der Waals surface area contributed by atoms with Crippen LogP contribution in [0.4, 0.5) is 0 Å². The van der Waals surface area contributed by atoms with Gasteiger partial charge in [-0.15, -0.1) is 0 Å². The third-order valence-corrected chi connectivity index (χ3v) is 4.95. The molecule has 5 nitrogen and oxygen atoms in total. The molecule has 2 aromatic carbocycles. The van der Waals surface area contributed by atoms with Crippen LogP contribution in [0.3, 0.4) is 0 Å². The van der Waals surface area contributed by atoms with Gasteiger partial charge < -0.3 is 4.90 Å². The van der Waals surface area contributed by atoms with E-state index >= 15 is 0 Å². The van der Waals surface area contributed by atoms with Gasteiger partial charge in [-0.05, 0) is 24.6 Å². The van der Waals surface area contributed by atoms with E-state index < -0.39 is 16.1 Å². The first-order valence-electron chi connectivity index (χ1n) is 7.26. The van der Waals surface area contributed by atoms with Gasteiger partial charge >= 0.3 is 0 Å². The zero-order chi connectivity index (χ0) is 16.9. The number of hydrogen-bond donors (Lipinski definition) is 1. The maximum atomic E-state index is 12.4. The van der Waals surface area contributed by atoms with Crippen molar-refractivity contribution < 1.29 is 13.2 Å². The van der Waals surface area contributed by atoms with Crippen molar-refractivity contribution in [2.24, 2.45) is 0 Å². The van der Waals surface area contributed by atoms with Crippen molar-refractivity contribution in [1.29, 1.82) is 0 Å². The number of nitrogens with zero attached hydrogens (tertiary/aromatic N) is 1. The highest BCUT2D eigenvalue weighted by atomic mass is 32.2. The van der Waals surface area contributed by atoms with Gasteiger partial charge in [0, 0.05) is 13.6 Å². The van der Waals surface area contributed by atoms with E-state index in [2.05, 4.69) is 4.72 Å². The number of rotatable bonds is 6. The number of nitrogens with one attached hydrogen (secondary N) is 1. The maximum Gasteiger partial charge on any atom is 0.241 e. The minimum Gasteiger partial charge on any atom is -0.340 e. The van der Waals surface area contributed by atoms with Crippen LogP contribution in [0.2, 0.25) is 0 Å². The Balaban J connectivity index is 2.02. The smallest absolute Gasteiger partial charge is 0.241 e. The molecule has 1 atom stereocenters. The Labute approximate surface area is 137 Å². The van der Waals surface area contributed by atoms with Crippen LogP contribution in [-0.2, 0) is 21.4 Å². The highest BCUT2D eigenvalue weighted by Crippen LogP contribution is 2.09. The molecule has 0 aromatic heterocycles. The number of amides is 1. The van der Waals surface area contributed by atoms with E-state index in [1.807, 2.05) is 30.3 Å². The molecule has 122 valence electrons. The van der Waals surface area contributed by atoms with Crippen molar-refractivity contribution in [2.75, 3.05) is 7.05 Å². The number of carbonyl (C=O) groups is 1. The zero-order valence-corrected chi connectivity index (χ0v) is 14.0. The van der Waals surface area contributed by atoms with Crippen molar-refractivity contribution in [1.82, 2.24) is 9.62 Å². The number of carbonyl (C=O) groups excluding carboxylic acids is 1. The van der Waals surface area contributed by atoms with Gasteiger partial charge in [-0.1, -0.05) is 48.5 Å². The Kier molecular flexibility index (Phi) is 5.52. The lowest BCUT2D eigenvalue weighted by Gasteiger charge is -2.22. The van der Waals surface area contributed by atoms with Crippen LogP contribution < -0.4 is 4.72 Å². The molecule has 0 unspecified atom stereocenters. The van der Waals surface area contributed by atoms with Crippen LogP contribution >= 0.6 is 0 Å². The van der Waals surface area contributed by atoms with E-state index in [9.17, 15) is 13.2 Å². The second kappa shape index (κ2) is 7.39. The maximum absolute atomic E-state index is 12.4. The van der Waals surface area contributed by atoms with Crippen molar-refractivity contribution in [3.63, 3.8) is 0 Å². The molecule has 0 aliphatic heterocycles. The molecule has 0 fully saturated rings. The van der Waals surface area contributed by atoms with Gasteiger partial charge in [-0.3, -0.25) is 4.79 Å². The predicted octanol–water partition coefficient (Wildman–Crippen LogP) is 2.01. The molecule has 0 spiro atoms. The number of hydrogen-bond acceptors (Lipinski definition) is 3. The summed E-state index contributed by atoms with van der Waals surface area (Å²) in [5, 5.41) is 0. The first-order valence-corrected chi connectivity index (χ1v) is 8.75. The molecule has 2 rings (SSSR count). The van der Waals surface area contributed by atoms with Crippen LogP contribution in [0.1, 0.15) is 12.5 Å². The van der Waals surface area contributed by atoms with Crippen LogP contribution in [0.15, 0.2) is 65.6 Å². The van der Waals surface area contributed by atoms with Gasteiger partial charge in [0.2, 0.25) is 15.9 Å². The molecule has 1 N–H and O–H groups in total. The van der Waals surface area contributed by atoms with Gasteiger partial charge in [0.05, 0.1) is 10.9 Å². The first kappa shape index (κ1) is 17.2. The summed E-state index contributed by atoms with van der Waals surface area (Å²) in [5.41, 5.74) is 0.987. The molecular formula is C17H20N2O3S. The summed E-state index contributed by atoms with van der Waals surface area (Å²) in [6.45, 7) is 1.97. The van der Waals surface area contributed by atoms with Crippen molar-refractivity contribution in [3.05, 3.63) is 66.2 Å². The Morgan fingerprint density at radius 3 is 2.13 bits per heavy atom. The van der Waals surface area contributed by atoms with E-state index in [-0.39, 0.29) is 10.8 Å². The second-order valence-corrected chi connectivity index (χ2v) is 7.05. The molecule has 0 heterocycles. The van der Waals surface area contributed by atoms with E-state index in [0.29, 0.717) is 6.54 Å². The van der Waals surface area contributed by atoms with Gasteiger partial charge in [0.1, 0.15) is 0 Å². The lowest BCUT2D eigenvalue weighted by Crippen LogP contribution is -2.45. The zero-order valence-electron chi connectivity index (χ0n) is 13.1. The average molecular weight is 332 g/mol. The summed E-state index contributed by atoms with van der Waals surface area (Å²) < 4.78 is 26.9. The lowest BCUT2D eigenvalue weighted by atomic mass is 10.2. The molecule has 23 heavy (non-hydrogen) atoms. The SMILES string of the molecule is C[C@H](NS(=O)(=O)c1ccccc1)C(=O)N(C)Cc1ccccc1. The third kappa shape index (κ3) is 4.64. The normalized spacial score (nSPS) is 12.6. The van der Waals surface area contributed by atoms with E-state index in [4.69, 9.17) is 0 Å². The minimum absolute atomic E-state index is 0.144. The fourth-order valence-electron chi connectivity index (χ4n) is 2.22. The van der Waals surface area contributed by atoms with Crippen LogP contribution in [0.25, 0.3) is 0 Å². The van der Waals surface area contributed by atoms with Crippen molar-refractivity contribution in [2.45, 2.75) is 24.4 Å². The standard InChI is InChI=1S/C17H20N2O3S/c1-14(18-23(21,22)16-11-7-4-8-12-16)17(20)19(2)13-15-9-5-3-6-10-15/h3-12,14,18H,13H2,1-2H3/t14-/m0/s1. The van der Waals surface area contributed by atoms with Crippen LogP contribution in [-0.4, -0.2) is 32.3 Å².